The van der Waals surface area contributed by atoms with Crippen LogP contribution in [0.4, 0.5) is 29.3 Å². The van der Waals surface area contributed by atoms with Crippen LogP contribution in [0.15, 0.2) is 30.5 Å². The van der Waals surface area contributed by atoms with E-state index in [4.69, 9.17) is 17.5 Å². The number of anilines is 2. The number of nitriles is 1. The summed E-state index contributed by atoms with van der Waals surface area (Å²) in [6.07, 6.45) is -2.53. The number of thiocarbonyl (C=S) groups is 1. The van der Waals surface area contributed by atoms with Gasteiger partial charge in [0.15, 0.2) is 10.8 Å². The standard InChI is InChI=1S/C23H18F3N5O3S/c24-23(25,26)17-9-16(11-28-18(17)10-27)30-19(32)22(5-1-6-22)31(20(30)35)15-3-2-14-12-29(21(33)34)7-4-13(14)8-15/h2-3,8-9,11H,1,4-7,12H2,(H,33,34). The lowest BCUT2D eigenvalue weighted by Gasteiger charge is -2.43. The predicted octanol–water partition coefficient (Wildman–Crippen LogP) is 4.07. The van der Waals surface area contributed by atoms with Gasteiger partial charge < -0.3 is 14.9 Å². The molecule has 1 aromatic heterocycles. The van der Waals surface area contributed by atoms with Crippen molar-refractivity contribution in [3.05, 3.63) is 52.8 Å². The Kier molecular flexibility index (Phi) is 5.21. The number of halogens is 3. The van der Waals surface area contributed by atoms with Crippen molar-refractivity contribution in [1.82, 2.24) is 9.88 Å². The van der Waals surface area contributed by atoms with Crippen LogP contribution in [0.5, 0.6) is 0 Å². The van der Waals surface area contributed by atoms with E-state index in [0.717, 1.165) is 34.7 Å². The summed E-state index contributed by atoms with van der Waals surface area (Å²) in [5.41, 5.74) is -0.739. The first-order chi connectivity index (χ1) is 16.6. The molecule has 1 saturated heterocycles. The van der Waals surface area contributed by atoms with Gasteiger partial charge in [-0.05, 0) is 67.2 Å². The van der Waals surface area contributed by atoms with Crippen LogP contribution < -0.4 is 9.80 Å². The van der Waals surface area contributed by atoms with Crippen LogP contribution in [0.2, 0.25) is 0 Å². The van der Waals surface area contributed by atoms with Crippen molar-refractivity contribution in [1.29, 1.82) is 5.26 Å². The fraction of sp³-hybridized carbons (Fsp3) is 0.348. The largest absolute Gasteiger partial charge is 0.465 e. The molecule has 1 aliphatic carbocycles. The highest BCUT2D eigenvalue weighted by Crippen LogP contribution is 2.48. The number of hydrogen-bond acceptors (Lipinski definition) is 5. The number of carbonyl (C=O) groups excluding carboxylic acids is 1. The Morgan fingerprint density at radius 1 is 1.20 bits per heavy atom. The van der Waals surface area contributed by atoms with Crippen molar-refractivity contribution < 1.29 is 27.9 Å². The van der Waals surface area contributed by atoms with Crippen LogP contribution in [0.25, 0.3) is 0 Å². The van der Waals surface area contributed by atoms with Crippen LogP contribution in [-0.2, 0) is 23.9 Å². The minimum atomic E-state index is -4.82. The van der Waals surface area contributed by atoms with E-state index >= 15 is 0 Å². The highest BCUT2D eigenvalue weighted by Gasteiger charge is 2.59. The number of carbonyl (C=O) groups is 2. The van der Waals surface area contributed by atoms with E-state index in [0.29, 0.717) is 31.5 Å². The first-order valence-electron chi connectivity index (χ1n) is 10.8. The summed E-state index contributed by atoms with van der Waals surface area (Å²) >= 11 is 5.63. The summed E-state index contributed by atoms with van der Waals surface area (Å²) in [5, 5.41) is 18.4. The third-order valence-electron chi connectivity index (χ3n) is 6.87. The van der Waals surface area contributed by atoms with Gasteiger partial charge in [-0.2, -0.15) is 18.4 Å². The fourth-order valence-electron chi connectivity index (χ4n) is 4.93. The monoisotopic (exact) mass is 501 g/mol. The van der Waals surface area contributed by atoms with Crippen molar-refractivity contribution >= 4 is 40.7 Å². The number of rotatable bonds is 2. The normalized spacial score (nSPS) is 19.0. The predicted molar refractivity (Wildman–Crippen MR) is 122 cm³/mol. The summed E-state index contributed by atoms with van der Waals surface area (Å²) in [4.78, 5) is 32.6. The van der Waals surface area contributed by atoms with Crippen LogP contribution in [0, 0.1) is 11.3 Å². The van der Waals surface area contributed by atoms with Gasteiger partial charge in [-0.3, -0.25) is 9.69 Å². The highest BCUT2D eigenvalue weighted by atomic mass is 32.1. The lowest BCUT2D eigenvalue weighted by atomic mass is 9.75. The Balaban J connectivity index is 1.54. The van der Waals surface area contributed by atoms with Crippen molar-refractivity contribution in [3.63, 3.8) is 0 Å². The molecule has 8 nitrogen and oxygen atoms in total. The summed E-state index contributed by atoms with van der Waals surface area (Å²) in [6, 6.07) is 7.60. The maximum Gasteiger partial charge on any atom is 0.419 e. The third kappa shape index (κ3) is 3.49. The number of amides is 2. The van der Waals surface area contributed by atoms with Crippen LogP contribution in [0.1, 0.15) is 41.6 Å². The molecular weight excluding hydrogens is 483 g/mol. The molecule has 2 amide bonds. The lowest BCUT2D eigenvalue weighted by Crippen LogP contribution is -2.55. The lowest BCUT2D eigenvalue weighted by molar-refractivity contribution is -0.138. The number of pyridine rings is 1. The van der Waals surface area contributed by atoms with Crippen molar-refractivity contribution in [2.45, 2.75) is 43.9 Å². The van der Waals surface area contributed by atoms with Crippen molar-refractivity contribution in [2.24, 2.45) is 0 Å². The van der Waals surface area contributed by atoms with Gasteiger partial charge in [0.05, 0.1) is 17.4 Å². The van der Waals surface area contributed by atoms with E-state index in [9.17, 15) is 27.9 Å². The molecule has 0 unspecified atom stereocenters. The first-order valence-corrected chi connectivity index (χ1v) is 11.2. The number of fused-ring (bicyclic) bond motifs is 1. The molecule has 0 atom stereocenters. The van der Waals surface area contributed by atoms with Crippen LogP contribution in [-0.4, -0.2) is 44.2 Å². The maximum atomic E-state index is 13.6. The van der Waals surface area contributed by atoms with E-state index in [2.05, 4.69) is 4.98 Å². The second-order valence-corrected chi connectivity index (χ2v) is 9.12. The number of aromatic nitrogens is 1. The number of alkyl halides is 3. The molecule has 1 saturated carbocycles. The topological polar surface area (TPSA) is 101 Å². The van der Waals surface area contributed by atoms with E-state index < -0.39 is 35.0 Å². The average Bonchev–Trinajstić information content (AvgIpc) is 3.04. The van der Waals surface area contributed by atoms with Crippen LogP contribution in [0.3, 0.4) is 0 Å². The zero-order valence-electron chi connectivity index (χ0n) is 18.2. The average molecular weight is 501 g/mol. The Labute approximate surface area is 203 Å². The van der Waals surface area contributed by atoms with E-state index in [1.165, 1.54) is 11.0 Å². The van der Waals surface area contributed by atoms with E-state index in [1.54, 1.807) is 17.0 Å². The van der Waals surface area contributed by atoms with Crippen molar-refractivity contribution in [2.75, 3.05) is 16.3 Å². The molecular formula is C23H18F3N5O3S. The molecule has 1 spiro atoms. The number of nitrogens with zero attached hydrogens (tertiary/aromatic N) is 5. The zero-order chi connectivity index (χ0) is 25.1. The number of hydrogen-bond donors (Lipinski definition) is 1. The quantitative estimate of drug-likeness (QED) is 0.619. The summed E-state index contributed by atoms with van der Waals surface area (Å²) in [6.45, 7) is 0.590. The molecule has 0 radical (unpaired) electrons. The highest BCUT2D eigenvalue weighted by molar-refractivity contribution is 7.81. The zero-order valence-corrected chi connectivity index (χ0v) is 19.0. The summed E-state index contributed by atoms with van der Waals surface area (Å²) < 4.78 is 40.6. The fourth-order valence-corrected chi connectivity index (χ4v) is 5.40. The molecule has 2 fully saturated rings. The molecule has 1 aromatic carbocycles. The van der Waals surface area contributed by atoms with E-state index in [-0.39, 0.29) is 17.3 Å². The Bertz CT molecular complexity index is 1320. The second kappa shape index (κ2) is 7.91. The van der Waals surface area contributed by atoms with Gasteiger partial charge in [-0.25, -0.2) is 9.78 Å². The molecule has 3 aliphatic rings. The molecule has 3 heterocycles. The van der Waals surface area contributed by atoms with Gasteiger partial charge >= 0.3 is 12.3 Å². The van der Waals surface area contributed by atoms with Gasteiger partial charge in [0.2, 0.25) is 0 Å². The minimum Gasteiger partial charge on any atom is -0.465 e. The Morgan fingerprint density at radius 3 is 2.54 bits per heavy atom. The third-order valence-corrected chi connectivity index (χ3v) is 7.23. The SMILES string of the molecule is N#Cc1ncc(N2C(=O)C3(CCC3)N(c3ccc4c(c3)CCN(C(=O)O)C4)C2=S)cc1C(F)(F)F. The summed E-state index contributed by atoms with van der Waals surface area (Å²) in [7, 11) is 0. The smallest absolute Gasteiger partial charge is 0.419 e. The van der Waals surface area contributed by atoms with Gasteiger partial charge in [-0.1, -0.05) is 6.07 Å². The van der Waals surface area contributed by atoms with Gasteiger partial charge in [0.25, 0.3) is 5.91 Å². The molecule has 2 aliphatic heterocycles. The number of benzene rings is 1. The molecule has 0 bridgehead atoms. The Hall–Kier alpha value is -3.72. The molecule has 180 valence electrons. The molecule has 12 heteroatoms. The molecule has 1 N–H and O–H groups in total. The van der Waals surface area contributed by atoms with Crippen molar-refractivity contribution in [3.8, 4) is 6.07 Å². The Morgan fingerprint density at radius 2 is 1.94 bits per heavy atom. The van der Waals surface area contributed by atoms with Gasteiger partial charge in [0.1, 0.15) is 11.6 Å². The first kappa shape index (κ1) is 23.0. The maximum absolute atomic E-state index is 13.6. The number of carboxylic acid groups (broad SMARTS) is 1. The summed E-state index contributed by atoms with van der Waals surface area (Å²) in [5.74, 6) is -0.428. The second-order valence-electron chi connectivity index (χ2n) is 8.75. The molecule has 5 rings (SSSR count). The minimum absolute atomic E-state index is 0.0391. The molecule has 2 aromatic rings. The van der Waals surface area contributed by atoms with Crippen LogP contribution >= 0.6 is 12.2 Å². The van der Waals surface area contributed by atoms with E-state index in [1.807, 2.05) is 6.07 Å². The van der Waals surface area contributed by atoms with Gasteiger partial charge in [0, 0.05) is 18.8 Å². The van der Waals surface area contributed by atoms with Gasteiger partial charge in [-0.15, -0.1) is 0 Å². The molecule has 35 heavy (non-hydrogen) atoms.